The Balaban J connectivity index is 2.10. The van der Waals surface area contributed by atoms with Crippen molar-refractivity contribution in [2.24, 2.45) is 5.92 Å². The Hall–Kier alpha value is -0.910. The van der Waals surface area contributed by atoms with Gasteiger partial charge in [-0.3, -0.25) is 0 Å². The van der Waals surface area contributed by atoms with E-state index in [2.05, 4.69) is 6.92 Å². The summed E-state index contributed by atoms with van der Waals surface area (Å²) >= 11 is 0. The molecule has 1 N–H and O–H groups in total. The van der Waals surface area contributed by atoms with Gasteiger partial charge in [0, 0.05) is 13.1 Å². The lowest BCUT2D eigenvalue weighted by Crippen LogP contribution is -2.40. The molecule has 0 aromatic heterocycles. The zero-order valence-electron chi connectivity index (χ0n) is 12.0. The van der Waals surface area contributed by atoms with Crippen LogP contribution in [0.4, 0.5) is 0 Å². The molecule has 20 heavy (non-hydrogen) atoms. The predicted molar refractivity (Wildman–Crippen MR) is 79.6 cm³/mol. The molecule has 112 valence electrons. The third kappa shape index (κ3) is 3.81. The highest BCUT2D eigenvalue weighted by Gasteiger charge is 2.28. The minimum atomic E-state index is -3.25. The number of piperidine rings is 1. The van der Waals surface area contributed by atoms with Crippen LogP contribution in [-0.2, 0) is 22.4 Å². The van der Waals surface area contributed by atoms with Crippen molar-refractivity contribution in [1.29, 1.82) is 0 Å². The van der Waals surface area contributed by atoms with Gasteiger partial charge in [0.25, 0.3) is 0 Å². The molecule has 5 heteroatoms. The summed E-state index contributed by atoms with van der Waals surface area (Å²) in [7, 11) is -3.25. The number of aliphatic hydroxyl groups excluding tert-OH is 1. The van der Waals surface area contributed by atoms with Crippen LogP contribution in [0.2, 0.25) is 0 Å². The summed E-state index contributed by atoms with van der Waals surface area (Å²) in [6.45, 7) is 3.35. The van der Waals surface area contributed by atoms with Gasteiger partial charge in [0.15, 0.2) is 0 Å². The van der Waals surface area contributed by atoms with Gasteiger partial charge in [0.2, 0.25) is 10.0 Å². The molecule has 1 aliphatic heterocycles. The van der Waals surface area contributed by atoms with Crippen LogP contribution in [-0.4, -0.2) is 30.9 Å². The van der Waals surface area contributed by atoms with Crippen LogP contribution in [0.15, 0.2) is 24.3 Å². The van der Waals surface area contributed by atoms with Crippen LogP contribution < -0.4 is 0 Å². The van der Waals surface area contributed by atoms with Gasteiger partial charge in [-0.1, -0.05) is 37.6 Å². The number of aliphatic hydroxyl groups is 1. The predicted octanol–water partition coefficient (Wildman–Crippen LogP) is 2.13. The first-order chi connectivity index (χ1) is 9.55. The van der Waals surface area contributed by atoms with E-state index in [1.54, 1.807) is 28.6 Å². The van der Waals surface area contributed by atoms with Crippen molar-refractivity contribution in [3.8, 4) is 0 Å². The SMILES string of the molecule is CCC1CCCN(S(=O)(=O)Cc2cccc(CO)c2)C1. The Kier molecular flexibility index (Phi) is 5.18. The quantitative estimate of drug-likeness (QED) is 0.906. The van der Waals surface area contributed by atoms with Crippen molar-refractivity contribution in [3.05, 3.63) is 35.4 Å². The molecular formula is C15H23NO3S. The first kappa shape index (κ1) is 15.5. The maximum absolute atomic E-state index is 12.5. The molecule has 1 unspecified atom stereocenters. The second-order valence-corrected chi connectivity index (χ2v) is 7.48. The van der Waals surface area contributed by atoms with Gasteiger partial charge in [-0.2, -0.15) is 0 Å². The van der Waals surface area contributed by atoms with E-state index in [4.69, 9.17) is 5.11 Å². The summed E-state index contributed by atoms with van der Waals surface area (Å²) in [4.78, 5) is 0. The molecule has 0 amide bonds. The van der Waals surface area contributed by atoms with Gasteiger partial charge in [-0.25, -0.2) is 12.7 Å². The molecule has 0 saturated carbocycles. The van der Waals surface area contributed by atoms with Gasteiger partial charge in [-0.05, 0) is 29.9 Å². The summed E-state index contributed by atoms with van der Waals surface area (Å²) in [5, 5.41) is 9.12. The second-order valence-electron chi connectivity index (χ2n) is 5.51. The van der Waals surface area contributed by atoms with Crippen LogP contribution in [0.1, 0.15) is 37.3 Å². The number of nitrogens with zero attached hydrogens (tertiary/aromatic N) is 1. The molecular weight excluding hydrogens is 274 g/mol. The molecule has 1 atom stereocenters. The number of hydrogen-bond acceptors (Lipinski definition) is 3. The maximum atomic E-state index is 12.5. The average Bonchev–Trinajstić information content (AvgIpc) is 2.47. The van der Waals surface area contributed by atoms with Crippen molar-refractivity contribution in [1.82, 2.24) is 4.31 Å². The highest BCUT2D eigenvalue weighted by molar-refractivity contribution is 7.88. The minimum Gasteiger partial charge on any atom is -0.392 e. The topological polar surface area (TPSA) is 57.6 Å². The van der Waals surface area contributed by atoms with Crippen molar-refractivity contribution in [2.45, 2.75) is 38.5 Å². The molecule has 0 spiro atoms. The van der Waals surface area contributed by atoms with E-state index in [1.807, 2.05) is 0 Å². The van der Waals surface area contributed by atoms with Crippen LogP contribution >= 0.6 is 0 Å². The second kappa shape index (κ2) is 6.70. The largest absolute Gasteiger partial charge is 0.392 e. The van der Waals surface area contributed by atoms with Crippen LogP contribution in [0, 0.1) is 5.92 Å². The van der Waals surface area contributed by atoms with Crippen LogP contribution in [0.5, 0.6) is 0 Å². The lowest BCUT2D eigenvalue weighted by atomic mass is 9.97. The molecule has 2 rings (SSSR count). The Bertz CT molecular complexity index is 542. The van der Waals surface area contributed by atoms with E-state index in [9.17, 15) is 8.42 Å². The first-order valence-electron chi connectivity index (χ1n) is 7.21. The summed E-state index contributed by atoms with van der Waals surface area (Å²) in [6.07, 6.45) is 3.11. The van der Waals surface area contributed by atoms with Gasteiger partial charge in [0.1, 0.15) is 0 Å². The number of benzene rings is 1. The fourth-order valence-corrected chi connectivity index (χ4v) is 4.36. The van der Waals surface area contributed by atoms with Gasteiger partial charge in [-0.15, -0.1) is 0 Å². The third-order valence-electron chi connectivity index (χ3n) is 3.98. The summed E-state index contributed by atoms with van der Waals surface area (Å²) in [5.41, 5.74) is 1.50. The number of hydrogen-bond donors (Lipinski definition) is 1. The van der Waals surface area contributed by atoms with Crippen molar-refractivity contribution in [3.63, 3.8) is 0 Å². The molecule has 1 saturated heterocycles. The van der Waals surface area contributed by atoms with Gasteiger partial charge in [0.05, 0.1) is 12.4 Å². The molecule has 4 nitrogen and oxygen atoms in total. The van der Waals surface area contributed by atoms with E-state index in [-0.39, 0.29) is 12.4 Å². The van der Waals surface area contributed by atoms with E-state index in [0.29, 0.717) is 19.0 Å². The minimum absolute atomic E-state index is 0.0251. The number of sulfonamides is 1. The van der Waals surface area contributed by atoms with E-state index in [0.717, 1.165) is 30.4 Å². The van der Waals surface area contributed by atoms with Gasteiger partial charge >= 0.3 is 0 Å². The van der Waals surface area contributed by atoms with Crippen LogP contribution in [0.25, 0.3) is 0 Å². The highest BCUT2D eigenvalue weighted by Crippen LogP contribution is 2.23. The van der Waals surface area contributed by atoms with E-state index in [1.165, 1.54) is 0 Å². The molecule has 1 heterocycles. The fourth-order valence-electron chi connectivity index (χ4n) is 2.73. The third-order valence-corrected chi connectivity index (χ3v) is 5.79. The zero-order valence-corrected chi connectivity index (χ0v) is 12.8. The van der Waals surface area contributed by atoms with E-state index < -0.39 is 10.0 Å². The molecule has 0 bridgehead atoms. The normalized spacial score (nSPS) is 21.0. The highest BCUT2D eigenvalue weighted by atomic mass is 32.2. The van der Waals surface area contributed by atoms with Crippen molar-refractivity contribution < 1.29 is 13.5 Å². The summed E-state index contributed by atoms with van der Waals surface area (Å²) in [6, 6.07) is 7.16. The lowest BCUT2D eigenvalue weighted by molar-refractivity contribution is 0.261. The monoisotopic (exact) mass is 297 g/mol. The number of rotatable bonds is 5. The Morgan fingerprint density at radius 1 is 1.35 bits per heavy atom. The molecule has 1 fully saturated rings. The van der Waals surface area contributed by atoms with Crippen molar-refractivity contribution >= 4 is 10.0 Å². The molecule has 0 aliphatic carbocycles. The van der Waals surface area contributed by atoms with E-state index >= 15 is 0 Å². The standard InChI is InChI=1S/C15H23NO3S/c1-2-13-7-4-8-16(10-13)20(18,19)12-15-6-3-5-14(9-15)11-17/h3,5-6,9,13,17H,2,4,7-8,10-12H2,1H3. The lowest BCUT2D eigenvalue weighted by Gasteiger charge is -2.31. The maximum Gasteiger partial charge on any atom is 0.218 e. The molecule has 1 aromatic rings. The first-order valence-corrected chi connectivity index (χ1v) is 8.82. The summed E-state index contributed by atoms with van der Waals surface area (Å²) in [5.74, 6) is 0.513. The Morgan fingerprint density at radius 3 is 2.80 bits per heavy atom. The van der Waals surface area contributed by atoms with Crippen molar-refractivity contribution in [2.75, 3.05) is 13.1 Å². The molecule has 0 radical (unpaired) electrons. The zero-order chi connectivity index (χ0) is 14.6. The van der Waals surface area contributed by atoms with Gasteiger partial charge < -0.3 is 5.11 Å². The average molecular weight is 297 g/mol. The Labute approximate surface area is 121 Å². The molecule has 1 aromatic carbocycles. The molecule has 1 aliphatic rings. The fraction of sp³-hybridized carbons (Fsp3) is 0.600. The summed E-state index contributed by atoms with van der Waals surface area (Å²) < 4.78 is 26.6. The van der Waals surface area contributed by atoms with Crippen LogP contribution in [0.3, 0.4) is 0 Å². The smallest absolute Gasteiger partial charge is 0.218 e. The Morgan fingerprint density at radius 2 is 2.10 bits per heavy atom.